The molecule has 1 amide bonds. The zero-order valence-electron chi connectivity index (χ0n) is 23.7. The molecule has 4 rings (SSSR count). The van der Waals surface area contributed by atoms with Crippen LogP contribution in [0.15, 0.2) is 49.1 Å². The Morgan fingerprint density at radius 1 is 1.07 bits per heavy atom. The molecule has 0 saturated carbocycles. The van der Waals surface area contributed by atoms with Gasteiger partial charge in [0.1, 0.15) is 18.0 Å². The largest absolute Gasteiger partial charge is 0.493 e. The highest BCUT2D eigenvalue weighted by atomic mass is 35.5. The number of carbonyl (C=O) groups is 1. The molecular formula is C27H30ClFN7O7P. The summed E-state index contributed by atoms with van der Waals surface area (Å²) in [7, 11) is -2.97. The summed E-state index contributed by atoms with van der Waals surface area (Å²) in [6, 6.07) is 7.10. The number of rotatable bonds is 15. The van der Waals surface area contributed by atoms with Crippen LogP contribution in [0.4, 0.5) is 21.8 Å². The Kier molecular flexibility index (Phi) is 11.3. The first-order chi connectivity index (χ1) is 21.1. The molecule has 234 valence electrons. The third-order valence-corrected chi connectivity index (χ3v) is 7.04. The summed E-state index contributed by atoms with van der Waals surface area (Å²) in [5, 5.41) is 6.13. The van der Waals surface area contributed by atoms with E-state index in [1.807, 2.05) is 11.8 Å². The van der Waals surface area contributed by atoms with E-state index in [0.717, 1.165) is 6.07 Å². The minimum atomic E-state index is -4.49. The number of carbonyl (C=O) groups excluding carboxylic acids is 1. The number of fused-ring (bicyclic) bond motifs is 1. The number of benzene rings is 2. The molecule has 0 aliphatic rings. The SMILES string of the molecule is CCN(CCCOc1cc2ncnc(Nc3cnc(NC(=O)c4ccc(F)c(Cl)c4)nc3)c2cc1OC)CCOP(=O)(O)O. The molecule has 0 saturated heterocycles. The van der Waals surface area contributed by atoms with Gasteiger partial charge in [0.15, 0.2) is 11.5 Å². The summed E-state index contributed by atoms with van der Waals surface area (Å²) in [6.07, 6.45) is 4.96. The Morgan fingerprint density at radius 2 is 1.84 bits per heavy atom. The van der Waals surface area contributed by atoms with Gasteiger partial charge in [0.2, 0.25) is 5.95 Å². The van der Waals surface area contributed by atoms with E-state index in [9.17, 15) is 13.8 Å². The number of likely N-dealkylation sites (N-methyl/N-ethyl adjacent to an activating group) is 1. The number of nitrogens with zero attached hydrogens (tertiary/aromatic N) is 5. The molecule has 14 nitrogen and oxygen atoms in total. The lowest BCUT2D eigenvalue weighted by Crippen LogP contribution is -2.29. The van der Waals surface area contributed by atoms with E-state index in [1.54, 1.807) is 12.1 Å². The molecule has 2 aromatic heterocycles. The second kappa shape index (κ2) is 15.1. The lowest BCUT2D eigenvalue weighted by Gasteiger charge is -2.20. The van der Waals surface area contributed by atoms with Crippen LogP contribution < -0.4 is 20.1 Å². The molecule has 0 aliphatic carbocycles. The highest BCUT2D eigenvalue weighted by Gasteiger charge is 2.16. The summed E-state index contributed by atoms with van der Waals surface area (Å²) in [5.74, 6) is 0.272. The minimum absolute atomic E-state index is 0.0357. The second-order valence-corrected chi connectivity index (χ2v) is 10.9. The van der Waals surface area contributed by atoms with Crippen molar-refractivity contribution in [1.29, 1.82) is 0 Å². The molecule has 2 heterocycles. The lowest BCUT2D eigenvalue weighted by atomic mass is 10.2. The smallest absolute Gasteiger partial charge is 0.469 e. The molecule has 4 aromatic rings. The van der Waals surface area contributed by atoms with Gasteiger partial charge >= 0.3 is 7.82 Å². The van der Waals surface area contributed by atoms with E-state index >= 15 is 0 Å². The van der Waals surface area contributed by atoms with Crippen molar-refractivity contribution in [2.45, 2.75) is 13.3 Å². The van der Waals surface area contributed by atoms with Crippen molar-refractivity contribution in [3.63, 3.8) is 0 Å². The number of phosphoric ester groups is 1. The van der Waals surface area contributed by atoms with Gasteiger partial charge in [-0.25, -0.2) is 28.9 Å². The molecule has 0 bridgehead atoms. The first-order valence-corrected chi connectivity index (χ1v) is 15.2. The van der Waals surface area contributed by atoms with Gasteiger partial charge in [-0.15, -0.1) is 0 Å². The average molecular weight is 650 g/mol. The Labute approximate surface area is 256 Å². The van der Waals surface area contributed by atoms with Crippen LogP contribution in [0.25, 0.3) is 10.9 Å². The van der Waals surface area contributed by atoms with Crippen molar-refractivity contribution in [1.82, 2.24) is 24.8 Å². The monoisotopic (exact) mass is 649 g/mol. The van der Waals surface area contributed by atoms with Crippen molar-refractivity contribution in [3.05, 3.63) is 65.5 Å². The zero-order chi connectivity index (χ0) is 31.7. The van der Waals surface area contributed by atoms with Gasteiger partial charge in [-0.2, -0.15) is 0 Å². The molecule has 0 atom stereocenters. The van der Waals surface area contributed by atoms with Gasteiger partial charge in [-0.05, 0) is 37.2 Å². The molecule has 44 heavy (non-hydrogen) atoms. The summed E-state index contributed by atoms with van der Waals surface area (Å²) in [6.45, 7) is 3.93. The van der Waals surface area contributed by atoms with Crippen LogP contribution in [0, 0.1) is 5.82 Å². The van der Waals surface area contributed by atoms with Gasteiger partial charge in [0, 0.05) is 30.1 Å². The number of ether oxygens (including phenoxy) is 2. The number of nitrogens with one attached hydrogen (secondary N) is 2. The van der Waals surface area contributed by atoms with E-state index in [1.165, 1.54) is 38.0 Å². The molecule has 0 unspecified atom stereocenters. The van der Waals surface area contributed by atoms with Crippen molar-refractivity contribution in [3.8, 4) is 11.5 Å². The minimum Gasteiger partial charge on any atom is -0.493 e. The Morgan fingerprint density at radius 3 is 2.52 bits per heavy atom. The van der Waals surface area contributed by atoms with Crippen molar-refractivity contribution >= 4 is 53.7 Å². The highest BCUT2D eigenvalue weighted by Crippen LogP contribution is 2.36. The first-order valence-electron chi connectivity index (χ1n) is 13.3. The maximum absolute atomic E-state index is 13.4. The van der Waals surface area contributed by atoms with E-state index in [0.29, 0.717) is 66.6 Å². The third kappa shape index (κ3) is 9.26. The van der Waals surface area contributed by atoms with E-state index in [-0.39, 0.29) is 23.1 Å². The van der Waals surface area contributed by atoms with Crippen LogP contribution in [0.3, 0.4) is 0 Å². The molecule has 2 aromatic carbocycles. The van der Waals surface area contributed by atoms with Crippen LogP contribution >= 0.6 is 19.4 Å². The number of aromatic nitrogens is 4. The topological polar surface area (TPSA) is 181 Å². The maximum atomic E-state index is 13.4. The number of phosphoric acid groups is 1. The Bertz CT molecular complexity index is 1650. The number of methoxy groups -OCH3 is 1. The number of hydrogen-bond acceptors (Lipinski definition) is 11. The standard InChI is InChI=1S/C27H30ClFN7O7P/c1-3-36(8-10-43-44(38,39)40)7-4-9-42-24-13-22-19(12-23(24)41-2)25(33-16-32-22)34-18-14-30-27(31-15-18)35-26(37)17-5-6-21(29)20(28)11-17/h5-6,11-16H,3-4,7-10H2,1-2H3,(H,32,33,34)(H2,38,39,40)(H,30,31,35,37). The van der Waals surface area contributed by atoms with Crippen molar-refractivity contribution in [2.75, 3.05) is 50.6 Å². The fourth-order valence-electron chi connectivity index (χ4n) is 4.03. The molecule has 0 aliphatic heterocycles. The summed E-state index contributed by atoms with van der Waals surface area (Å²) in [4.78, 5) is 49.1. The summed E-state index contributed by atoms with van der Waals surface area (Å²) in [5.41, 5.74) is 1.23. The number of hydrogen-bond donors (Lipinski definition) is 4. The maximum Gasteiger partial charge on any atom is 0.469 e. The zero-order valence-corrected chi connectivity index (χ0v) is 25.4. The first kappa shape index (κ1) is 32.9. The molecule has 0 spiro atoms. The van der Waals surface area contributed by atoms with Crippen molar-refractivity contribution in [2.24, 2.45) is 0 Å². The molecule has 4 N–H and O–H groups in total. The summed E-state index contributed by atoms with van der Waals surface area (Å²) >= 11 is 5.75. The van der Waals surface area contributed by atoms with Crippen LogP contribution in [-0.4, -0.2) is 80.5 Å². The number of halogens is 2. The van der Waals surface area contributed by atoms with Gasteiger partial charge in [0.25, 0.3) is 5.91 Å². The summed E-state index contributed by atoms with van der Waals surface area (Å²) < 4.78 is 40.3. The molecule has 0 fully saturated rings. The van der Waals surface area contributed by atoms with E-state index < -0.39 is 19.5 Å². The van der Waals surface area contributed by atoms with E-state index in [4.69, 9.17) is 30.9 Å². The quantitative estimate of drug-likeness (QED) is 0.105. The van der Waals surface area contributed by atoms with Gasteiger partial charge < -0.3 is 29.5 Å². The molecular weight excluding hydrogens is 620 g/mol. The van der Waals surface area contributed by atoms with Crippen LogP contribution in [0.5, 0.6) is 11.5 Å². The third-order valence-electron chi connectivity index (χ3n) is 6.23. The predicted molar refractivity (Wildman–Crippen MR) is 161 cm³/mol. The predicted octanol–water partition coefficient (Wildman–Crippen LogP) is 4.42. The normalized spacial score (nSPS) is 11.5. The highest BCUT2D eigenvalue weighted by molar-refractivity contribution is 7.46. The van der Waals surface area contributed by atoms with Gasteiger partial charge in [0.05, 0.1) is 48.9 Å². The van der Waals surface area contributed by atoms with E-state index in [2.05, 4.69) is 35.1 Å². The van der Waals surface area contributed by atoms with Gasteiger partial charge in [-0.3, -0.25) is 14.6 Å². The lowest BCUT2D eigenvalue weighted by molar-refractivity contribution is 0.102. The fraction of sp³-hybridized carbons (Fsp3) is 0.296. The molecule has 17 heteroatoms. The van der Waals surface area contributed by atoms with Gasteiger partial charge in [-0.1, -0.05) is 18.5 Å². The van der Waals surface area contributed by atoms with Crippen LogP contribution in [0.2, 0.25) is 5.02 Å². The van der Waals surface area contributed by atoms with Crippen LogP contribution in [0.1, 0.15) is 23.7 Å². The Hall–Kier alpha value is -3.98. The van der Waals surface area contributed by atoms with Crippen molar-refractivity contribution < 1.29 is 37.5 Å². The Balaban J connectivity index is 1.37. The van der Waals surface area contributed by atoms with Crippen LogP contribution in [-0.2, 0) is 9.09 Å². The average Bonchev–Trinajstić information content (AvgIpc) is 2.99. The number of amides is 1. The fourth-order valence-corrected chi connectivity index (χ4v) is 4.53. The second-order valence-electron chi connectivity index (χ2n) is 9.21. The molecule has 0 radical (unpaired) electrons. The number of anilines is 3.